The van der Waals surface area contributed by atoms with Crippen LogP contribution in [-0.2, 0) is 16.0 Å². The Morgan fingerprint density at radius 2 is 1.84 bits per heavy atom. The van der Waals surface area contributed by atoms with Gasteiger partial charge in [-0.25, -0.2) is 0 Å². The van der Waals surface area contributed by atoms with E-state index in [1.54, 1.807) is 29.2 Å². The summed E-state index contributed by atoms with van der Waals surface area (Å²) in [4.78, 5) is 26.2. The molecule has 0 radical (unpaired) electrons. The fraction of sp³-hybridized carbons (Fsp3) is 0.300. The van der Waals surface area contributed by atoms with Gasteiger partial charge < -0.3 is 10.2 Å². The van der Waals surface area contributed by atoms with Crippen LogP contribution in [0.2, 0.25) is 5.02 Å². The molecule has 1 saturated heterocycles. The number of carbonyl (C=O) groups is 2. The second-order valence-corrected chi connectivity index (χ2v) is 6.70. The molecule has 0 bridgehead atoms. The molecule has 1 atom stereocenters. The van der Waals surface area contributed by atoms with Crippen molar-refractivity contribution in [2.45, 2.75) is 19.3 Å². The van der Waals surface area contributed by atoms with Gasteiger partial charge in [-0.15, -0.1) is 0 Å². The molecule has 1 aliphatic heterocycles. The maximum Gasteiger partial charge on any atom is 0.227 e. The number of aryl methyl sites for hydroxylation is 1. The molecule has 4 nitrogen and oxygen atoms in total. The zero-order valence-corrected chi connectivity index (χ0v) is 14.7. The number of amides is 2. The predicted molar refractivity (Wildman–Crippen MR) is 99.7 cm³/mol. The average Bonchev–Trinajstić information content (AvgIpc) is 3.02. The fourth-order valence-corrected chi connectivity index (χ4v) is 3.17. The Balaban J connectivity index is 1.46. The van der Waals surface area contributed by atoms with Crippen molar-refractivity contribution in [3.8, 4) is 0 Å². The van der Waals surface area contributed by atoms with Crippen molar-refractivity contribution >= 4 is 29.1 Å². The van der Waals surface area contributed by atoms with Gasteiger partial charge in [-0.2, -0.15) is 0 Å². The normalized spacial score (nSPS) is 16.9. The Morgan fingerprint density at radius 1 is 1.12 bits per heavy atom. The average molecular weight is 357 g/mol. The van der Waals surface area contributed by atoms with E-state index in [2.05, 4.69) is 17.4 Å². The van der Waals surface area contributed by atoms with Crippen LogP contribution in [-0.4, -0.2) is 24.9 Å². The van der Waals surface area contributed by atoms with Crippen LogP contribution in [0, 0.1) is 5.92 Å². The molecule has 0 aliphatic carbocycles. The van der Waals surface area contributed by atoms with Crippen LogP contribution in [0.5, 0.6) is 0 Å². The third-order valence-electron chi connectivity index (χ3n) is 4.42. The van der Waals surface area contributed by atoms with E-state index in [0.717, 1.165) is 18.5 Å². The Bertz CT molecular complexity index is 731. The van der Waals surface area contributed by atoms with Crippen molar-refractivity contribution in [1.82, 2.24) is 5.32 Å². The number of rotatable bonds is 6. The largest absolute Gasteiger partial charge is 0.356 e. The first-order valence-corrected chi connectivity index (χ1v) is 8.89. The molecule has 3 rings (SSSR count). The molecule has 0 spiro atoms. The lowest BCUT2D eigenvalue weighted by molar-refractivity contribution is -0.126. The quantitative estimate of drug-likeness (QED) is 0.806. The lowest BCUT2D eigenvalue weighted by atomic mass is 10.1. The van der Waals surface area contributed by atoms with Gasteiger partial charge >= 0.3 is 0 Å². The summed E-state index contributed by atoms with van der Waals surface area (Å²) in [6.45, 7) is 1.05. The minimum absolute atomic E-state index is 0.0215. The highest BCUT2D eigenvalue weighted by Crippen LogP contribution is 2.26. The molecule has 1 heterocycles. The number of nitrogens with one attached hydrogen (secondary N) is 1. The van der Waals surface area contributed by atoms with Crippen LogP contribution in [0.25, 0.3) is 0 Å². The third kappa shape index (κ3) is 4.60. The van der Waals surface area contributed by atoms with Crippen molar-refractivity contribution in [2.24, 2.45) is 5.92 Å². The summed E-state index contributed by atoms with van der Waals surface area (Å²) in [6.07, 6.45) is 2.08. The van der Waals surface area contributed by atoms with E-state index in [1.165, 1.54) is 5.56 Å². The number of hydrogen-bond acceptors (Lipinski definition) is 2. The predicted octanol–water partition coefficient (Wildman–Crippen LogP) is 3.44. The van der Waals surface area contributed by atoms with Crippen molar-refractivity contribution in [3.05, 3.63) is 65.2 Å². The molecule has 2 aromatic rings. The summed E-state index contributed by atoms with van der Waals surface area (Å²) in [6, 6.07) is 17.3. The van der Waals surface area contributed by atoms with Crippen LogP contribution in [0.15, 0.2) is 54.6 Å². The van der Waals surface area contributed by atoms with Crippen LogP contribution < -0.4 is 10.2 Å². The smallest absolute Gasteiger partial charge is 0.227 e. The van der Waals surface area contributed by atoms with E-state index < -0.39 is 0 Å². The molecule has 1 aliphatic rings. The van der Waals surface area contributed by atoms with Crippen molar-refractivity contribution in [2.75, 3.05) is 18.0 Å². The Morgan fingerprint density at radius 3 is 2.56 bits per heavy atom. The van der Waals surface area contributed by atoms with Crippen molar-refractivity contribution in [3.63, 3.8) is 0 Å². The summed E-state index contributed by atoms with van der Waals surface area (Å²) >= 11 is 5.88. The maximum absolute atomic E-state index is 12.3. The monoisotopic (exact) mass is 356 g/mol. The van der Waals surface area contributed by atoms with E-state index in [-0.39, 0.29) is 24.2 Å². The summed E-state index contributed by atoms with van der Waals surface area (Å²) in [5.41, 5.74) is 2.05. The molecule has 2 aromatic carbocycles. The van der Waals surface area contributed by atoms with Gasteiger partial charge in [0, 0.05) is 30.2 Å². The van der Waals surface area contributed by atoms with Gasteiger partial charge in [-0.3, -0.25) is 9.59 Å². The second kappa shape index (κ2) is 8.17. The number of hydrogen-bond donors (Lipinski definition) is 1. The fourth-order valence-electron chi connectivity index (χ4n) is 3.05. The van der Waals surface area contributed by atoms with Gasteiger partial charge in [-0.1, -0.05) is 41.9 Å². The van der Waals surface area contributed by atoms with E-state index in [9.17, 15) is 9.59 Å². The molecule has 130 valence electrons. The number of anilines is 1. The summed E-state index contributed by atoms with van der Waals surface area (Å²) in [7, 11) is 0. The molecule has 1 N–H and O–H groups in total. The van der Waals surface area contributed by atoms with Crippen molar-refractivity contribution in [1.29, 1.82) is 0 Å². The third-order valence-corrected chi connectivity index (χ3v) is 4.67. The first-order chi connectivity index (χ1) is 12.1. The molecule has 1 fully saturated rings. The summed E-state index contributed by atoms with van der Waals surface area (Å²) in [5, 5.41) is 3.59. The second-order valence-electron chi connectivity index (χ2n) is 6.26. The SMILES string of the molecule is O=C(NCCCc1ccccc1)[C@@H]1CC(=O)N(c2ccc(Cl)cc2)C1. The van der Waals surface area contributed by atoms with Crippen molar-refractivity contribution < 1.29 is 9.59 Å². The number of nitrogens with zero attached hydrogens (tertiary/aromatic N) is 1. The van der Waals surface area contributed by atoms with Crippen LogP contribution in [0.3, 0.4) is 0 Å². The number of halogens is 1. The maximum atomic E-state index is 12.3. The first kappa shape index (κ1) is 17.5. The minimum atomic E-state index is -0.292. The van der Waals surface area contributed by atoms with Crippen LogP contribution >= 0.6 is 11.6 Å². The lowest BCUT2D eigenvalue weighted by Crippen LogP contribution is -2.33. The molecule has 25 heavy (non-hydrogen) atoms. The highest BCUT2D eigenvalue weighted by Gasteiger charge is 2.34. The Hall–Kier alpha value is -2.33. The summed E-state index contributed by atoms with van der Waals surface area (Å²) < 4.78 is 0. The highest BCUT2D eigenvalue weighted by atomic mass is 35.5. The highest BCUT2D eigenvalue weighted by molar-refractivity contribution is 6.30. The van der Waals surface area contributed by atoms with Gasteiger partial charge in [0.25, 0.3) is 0 Å². The minimum Gasteiger partial charge on any atom is -0.356 e. The van der Waals surface area contributed by atoms with Crippen LogP contribution in [0.1, 0.15) is 18.4 Å². The standard InChI is InChI=1S/C20H21ClN2O2/c21-17-8-10-18(11-9-17)23-14-16(13-19(23)24)20(25)22-12-4-7-15-5-2-1-3-6-15/h1-3,5-6,8-11,16H,4,7,12-14H2,(H,22,25)/t16-/m1/s1. The zero-order valence-electron chi connectivity index (χ0n) is 14.0. The van der Waals surface area contributed by atoms with Gasteiger partial charge in [-0.05, 0) is 42.7 Å². The molecule has 0 unspecified atom stereocenters. The number of carbonyl (C=O) groups excluding carboxylic acids is 2. The number of benzene rings is 2. The molecular formula is C20H21ClN2O2. The zero-order chi connectivity index (χ0) is 17.6. The molecule has 2 amide bonds. The molecule has 0 aromatic heterocycles. The van der Waals surface area contributed by atoms with Crippen LogP contribution in [0.4, 0.5) is 5.69 Å². The van der Waals surface area contributed by atoms with E-state index in [4.69, 9.17) is 11.6 Å². The Labute approximate surface area is 152 Å². The van der Waals surface area contributed by atoms with Gasteiger partial charge in [0.05, 0.1) is 5.92 Å². The first-order valence-electron chi connectivity index (χ1n) is 8.51. The van der Waals surface area contributed by atoms with E-state index in [1.807, 2.05) is 18.2 Å². The molecular weight excluding hydrogens is 336 g/mol. The van der Waals surface area contributed by atoms with E-state index >= 15 is 0 Å². The van der Waals surface area contributed by atoms with Gasteiger partial charge in [0.15, 0.2) is 0 Å². The van der Waals surface area contributed by atoms with Gasteiger partial charge in [0.2, 0.25) is 11.8 Å². The Kier molecular flexibility index (Phi) is 5.71. The lowest BCUT2D eigenvalue weighted by Gasteiger charge is -2.16. The van der Waals surface area contributed by atoms with Gasteiger partial charge in [0.1, 0.15) is 0 Å². The topological polar surface area (TPSA) is 49.4 Å². The molecule has 0 saturated carbocycles. The van der Waals surface area contributed by atoms with E-state index in [0.29, 0.717) is 18.1 Å². The molecule has 5 heteroatoms. The summed E-state index contributed by atoms with van der Waals surface area (Å²) in [5.74, 6) is -0.357.